The minimum absolute atomic E-state index is 0.0729. The van der Waals surface area contributed by atoms with Crippen LogP contribution in [-0.2, 0) is 16.0 Å². The van der Waals surface area contributed by atoms with Crippen molar-refractivity contribution in [3.05, 3.63) is 16.0 Å². The molecule has 1 aromatic heterocycles. The molecule has 0 aromatic carbocycles. The first-order chi connectivity index (χ1) is 16.5. The smallest absolute Gasteiger partial charge is 0.408 e. The number of Topliss-reactive ketones (excluding diaryl/α,β-unsaturated/α-hetero) is 1. The number of amides is 2. The van der Waals surface area contributed by atoms with Crippen molar-refractivity contribution in [2.45, 2.75) is 69.6 Å². The van der Waals surface area contributed by atoms with Gasteiger partial charge in [-0.1, -0.05) is 0 Å². The molecule has 10 nitrogen and oxygen atoms in total. The van der Waals surface area contributed by atoms with Crippen molar-refractivity contribution in [2.75, 3.05) is 38.5 Å². The van der Waals surface area contributed by atoms with Crippen LogP contribution in [0.25, 0.3) is 0 Å². The highest BCUT2D eigenvalue weighted by Gasteiger charge is 2.60. The third-order valence-electron chi connectivity index (χ3n) is 7.89. The van der Waals surface area contributed by atoms with Crippen molar-refractivity contribution in [3.63, 3.8) is 0 Å². The largest absolute Gasteiger partial charge is 0.465 e. The van der Waals surface area contributed by atoms with Crippen LogP contribution < -0.4 is 5.73 Å². The topological polar surface area (TPSA) is 133 Å². The predicted molar refractivity (Wildman–Crippen MR) is 129 cm³/mol. The molecule has 35 heavy (non-hydrogen) atoms. The van der Waals surface area contributed by atoms with Crippen LogP contribution in [0.4, 0.5) is 9.80 Å². The maximum Gasteiger partial charge on any atom is 0.408 e. The lowest BCUT2D eigenvalue weighted by Crippen LogP contribution is -2.68. The maximum atomic E-state index is 13.4. The van der Waals surface area contributed by atoms with E-state index in [1.807, 2.05) is 18.7 Å². The van der Waals surface area contributed by atoms with Crippen LogP contribution in [0.15, 0.2) is 0 Å². The number of rotatable bonds is 2. The van der Waals surface area contributed by atoms with Gasteiger partial charge in [-0.25, -0.2) is 9.59 Å². The summed E-state index contributed by atoms with van der Waals surface area (Å²) in [7, 11) is 0. The van der Waals surface area contributed by atoms with E-state index in [0.29, 0.717) is 60.9 Å². The highest BCUT2D eigenvalue weighted by molar-refractivity contribution is 7.18. The highest BCUT2D eigenvalue weighted by Crippen LogP contribution is 2.42. The summed E-state index contributed by atoms with van der Waals surface area (Å²) in [6.07, 6.45) is 2.61. The molecule has 1 aliphatic carbocycles. The van der Waals surface area contributed by atoms with E-state index in [4.69, 9.17) is 10.5 Å². The Balaban J connectivity index is 1.28. The number of carboxylic acid groups (broad SMARTS) is 1. The summed E-state index contributed by atoms with van der Waals surface area (Å²) in [5.74, 6) is -0.514. The van der Waals surface area contributed by atoms with Crippen LogP contribution in [0.5, 0.6) is 0 Å². The van der Waals surface area contributed by atoms with Crippen LogP contribution in [-0.4, -0.2) is 93.5 Å². The van der Waals surface area contributed by atoms with Crippen LogP contribution in [0.1, 0.15) is 71.5 Å². The average Bonchev–Trinajstić information content (AvgIpc) is 3.25. The van der Waals surface area contributed by atoms with Gasteiger partial charge < -0.3 is 20.5 Å². The fourth-order valence-corrected chi connectivity index (χ4v) is 7.41. The first kappa shape index (κ1) is 24.1. The molecule has 3 N–H and O–H groups in total. The number of fused-ring (bicyclic) bond motifs is 1. The van der Waals surface area contributed by atoms with E-state index in [1.165, 1.54) is 16.2 Å². The number of likely N-dealkylation sites (tertiary alicyclic amines) is 1. The number of carbonyl (C=O) groups excluding carboxylic acids is 3. The Bertz CT molecular complexity index is 1090. The Morgan fingerprint density at radius 1 is 1.11 bits per heavy atom. The predicted octanol–water partition coefficient (Wildman–Crippen LogP) is 2.21. The summed E-state index contributed by atoms with van der Waals surface area (Å²) < 4.78 is 5.55. The lowest BCUT2D eigenvalue weighted by molar-refractivity contribution is -0.156. The summed E-state index contributed by atoms with van der Waals surface area (Å²) in [5.41, 5.74) is 5.58. The minimum Gasteiger partial charge on any atom is -0.465 e. The summed E-state index contributed by atoms with van der Waals surface area (Å²) in [6, 6.07) is 0.138. The van der Waals surface area contributed by atoms with Crippen LogP contribution in [0.3, 0.4) is 0 Å². The van der Waals surface area contributed by atoms with Crippen LogP contribution in [0.2, 0.25) is 0 Å². The van der Waals surface area contributed by atoms with E-state index in [2.05, 4.69) is 4.90 Å². The number of anilines is 1. The normalized spacial score (nSPS) is 27.3. The van der Waals surface area contributed by atoms with Crippen LogP contribution >= 0.6 is 11.3 Å². The van der Waals surface area contributed by atoms with Gasteiger partial charge in [0.15, 0.2) is 11.3 Å². The summed E-state index contributed by atoms with van der Waals surface area (Å²) in [5, 5.41) is 10.2. The standard InChI is InChI=1S/C24H32N4O6S/c1-23(2)12-24(21(31)34-23)13-27(10-11-28(24)22(32)33)14-6-8-26(9-7-14)20(30)17-15-4-3-5-16(29)18(15)35-19(17)25/h14H,3-13,25H2,1-2H3,(H,32,33). The zero-order chi connectivity index (χ0) is 25.1. The lowest BCUT2D eigenvalue weighted by atomic mass is 9.85. The zero-order valence-corrected chi connectivity index (χ0v) is 21.0. The number of piperazine rings is 1. The number of thiophene rings is 1. The van der Waals surface area contributed by atoms with Crippen molar-refractivity contribution in [3.8, 4) is 0 Å². The average molecular weight is 505 g/mol. The number of cyclic esters (lactones) is 1. The van der Waals surface area contributed by atoms with Gasteiger partial charge in [-0.05, 0) is 45.1 Å². The van der Waals surface area contributed by atoms with Crippen molar-refractivity contribution in [2.24, 2.45) is 0 Å². The molecule has 2 amide bonds. The first-order valence-electron chi connectivity index (χ1n) is 12.2. The van der Waals surface area contributed by atoms with Gasteiger partial charge in [0.25, 0.3) is 5.91 Å². The molecule has 3 aliphatic heterocycles. The molecule has 0 radical (unpaired) electrons. The Labute approximate surface area is 208 Å². The molecule has 4 aliphatic rings. The van der Waals surface area contributed by atoms with Gasteiger partial charge in [0.2, 0.25) is 0 Å². The van der Waals surface area contributed by atoms with Gasteiger partial charge >= 0.3 is 12.1 Å². The number of nitrogens with two attached hydrogens (primary N) is 1. The molecule has 190 valence electrons. The molecule has 0 bridgehead atoms. The third kappa shape index (κ3) is 3.98. The van der Waals surface area contributed by atoms with Gasteiger partial charge in [0.1, 0.15) is 5.60 Å². The monoisotopic (exact) mass is 504 g/mol. The summed E-state index contributed by atoms with van der Waals surface area (Å²) in [6.45, 7) is 5.79. The van der Waals surface area contributed by atoms with Gasteiger partial charge in [-0.15, -0.1) is 11.3 Å². The van der Waals surface area contributed by atoms with Gasteiger partial charge in [0.05, 0.1) is 15.4 Å². The Hall–Kier alpha value is -2.66. The van der Waals surface area contributed by atoms with E-state index >= 15 is 0 Å². The van der Waals surface area contributed by atoms with E-state index in [-0.39, 0.29) is 24.3 Å². The molecular formula is C24H32N4O6S. The number of hydrogen-bond donors (Lipinski definition) is 2. The molecular weight excluding hydrogens is 472 g/mol. The van der Waals surface area contributed by atoms with Crippen molar-refractivity contribution >= 4 is 40.1 Å². The minimum atomic E-state index is -1.20. The van der Waals surface area contributed by atoms with E-state index in [1.54, 1.807) is 0 Å². The Morgan fingerprint density at radius 2 is 1.83 bits per heavy atom. The molecule has 11 heteroatoms. The zero-order valence-electron chi connectivity index (χ0n) is 20.2. The van der Waals surface area contributed by atoms with Gasteiger partial charge in [0, 0.05) is 51.6 Å². The van der Waals surface area contributed by atoms with Gasteiger partial charge in [-0.2, -0.15) is 0 Å². The molecule has 1 atom stereocenters. The fraction of sp³-hybridized carbons (Fsp3) is 0.667. The maximum absolute atomic E-state index is 13.4. The number of carbonyl (C=O) groups is 4. The van der Waals surface area contributed by atoms with E-state index in [0.717, 1.165) is 24.8 Å². The van der Waals surface area contributed by atoms with E-state index in [9.17, 15) is 24.3 Å². The lowest BCUT2D eigenvalue weighted by Gasteiger charge is -2.49. The molecule has 3 fully saturated rings. The summed E-state index contributed by atoms with van der Waals surface area (Å²) in [4.78, 5) is 56.4. The summed E-state index contributed by atoms with van der Waals surface area (Å²) >= 11 is 1.23. The quantitative estimate of drug-likeness (QED) is 0.586. The van der Waals surface area contributed by atoms with Crippen LogP contribution in [0, 0.1) is 0 Å². The first-order valence-corrected chi connectivity index (χ1v) is 13.1. The van der Waals surface area contributed by atoms with E-state index < -0.39 is 23.2 Å². The molecule has 1 spiro atoms. The molecule has 1 aromatic rings. The van der Waals surface area contributed by atoms with Crippen molar-refractivity contribution in [1.82, 2.24) is 14.7 Å². The second-order valence-electron chi connectivity index (χ2n) is 10.7. The number of hydrogen-bond acceptors (Lipinski definition) is 8. The number of esters is 1. The molecule has 5 rings (SSSR count). The fourth-order valence-electron chi connectivity index (χ4n) is 6.33. The van der Waals surface area contributed by atoms with Crippen molar-refractivity contribution < 1.29 is 29.0 Å². The number of ketones is 1. The molecule has 3 saturated heterocycles. The Morgan fingerprint density at radius 3 is 2.46 bits per heavy atom. The Kier molecular flexibility index (Phi) is 5.83. The third-order valence-corrected chi connectivity index (χ3v) is 8.99. The number of nitrogen functional groups attached to an aromatic ring is 1. The molecule has 4 heterocycles. The highest BCUT2D eigenvalue weighted by atomic mass is 32.1. The van der Waals surface area contributed by atoms with Gasteiger partial charge in [-0.3, -0.25) is 19.4 Å². The number of ether oxygens (including phenoxy) is 1. The second kappa shape index (κ2) is 8.48. The SMILES string of the molecule is CC1(C)CC2(CN(C3CCN(C(=O)c4c(N)sc5c4CCCC5=O)CC3)CCN2C(=O)O)C(=O)O1. The molecule has 0 saturated carbocycles. The second-order valence-corrected chi connectivity index (χ2v) is 11.8. The molecule has 1 unspecified atom stereocenters. The van der Waals surface area contributed by atoms with Crippen molar-refractivity contribution in [1.29, 1.82) is 0 Å². The number of piperidine rings is 1. The number of nitrogens with zero attached hydrogens (tertiary/aromatic N) is 3.